The van der Waals surface area contributed by atoms with Crippen LogP contribution in [0, 0.1) is 0 Å². The van der Waals surface area contributed by atoms with Crippen molar-refractivity contribution in [3.63, 3.8) is 0 Å². The highest BCUT2D eigenvalue weighted by atomic mass is 16.2. The first-order valence-electron chi connectivity index (χ1n) is 6.66. The first-order valence-corrected chi connectivity index (χ1v) is 6.66. The summed E-state index contributed by atoms with van der Waals surface area (Å²) in [5, 5.41) is 2.83. The molecule has 0 saturated heterocycles. The van der Waals surface area contributed by atoms with Crippen molar-refractivity contribution in [2.24, 2.45) is 0 Å². The fraction of sp³-hybridized carbons (Fsp3) is 0.133. The number of imidazole rings is 1. The van der Waals surface area contributed by atoms with Gasteiger partial charge in [0.2, 0.25) is 0 Å². The Balaban J connectivity index is 1.60. The number of carbonyl (C=O) groups is 1. The lowest BCUT2D eigenvalue weighted by molar-refractivity contribution is 0.0945. The number of hydrogen-bond acceptors (Lipinski definition) is 4. The molecule has 1 aromatic carbocycles. The van der Waals surface area contributed by atoms with Crippen molar-refractivity contribution in [3.8, 4) is 0 Å². The summed E-state index contributed by atoms with van der Waals surface area (Å²) < 4.78 is 0. The van der Waals surface area contributed by atoms with Crippen LogP contribution in [0.25, 0.3) is 11.2 Å². The number of hydrogen-bond donors (Lipinski definition) is 3. The molecule has 21 heavy (non-hydrogen) atoms. The number of nitrogens with zero attached hydrogens (tertiary/aromatic N) is 2. The second-order valence-corrected chi connectivity index (χ2v) is 4.71. The molecular weight excluding hydrogens is 266 g/mol. The molecule has 0 aliphatic heterocycles. The lowest BCUT2D eigenvalue weighted by atomic mass is 10.1. The number of fused-ring (bicyclic) bond motifs is 1. The van der Waals surface area contributed by atoms with Crippen molar-refractivity contribution in [3.05, 3.63) is 54.0 Å². The highest BCUT2D eigenvalue weighted by Gasteiger charge is 2.10. The molecular formula is C15H15N5O. The number of rotatable bonds is 4. The van der Waals surface area contributed by atoms with Crippen LogP contribution in [0.3, 0.4) is 0 Å². The SMILES string of the molecule is Nc1ccc(CCNC(=O)c2nc3ncccc3[nH]2)cc1. The largest absolute Gasteiger partial charge is 0.399 e. The van der Waals surface area contributed by atoms with Gasteiger partial charge in [0.25, 0.3) is 5.91 Å². The minimum absolute atomic E-state index is 0.233. The molecule has 6 heteroatoms. The Kier molecular flexibility index (Phi) is 3.51. The first kappa shape index (κ1) is 13.1. The van der Waals surface area contributed by atoms with E-state index in [0.717, 1.165) is 23.2 Å². The highest BCUT2D eigenvalue weighted by Crippen LogP contribution is 2.08. The maximum absolute atomic E-state index is 12.0. The molecule has 4 N–H and O–H groups in total. The third-order valence-electron chi connectivity index (χ3n) is 3.15. The van der Waals surface area contributed by atoms with E-state index in [1.54, 1.807) is 12.3 Å². The van der Waals surface area contributed by atoms with Crippen LogP contribution < -0.4 is 11.1 Å². The minimum atomic E-state index is -0.233. The van der Waals surface area contributed by atoms with Gasteiger partial charge in [-0.15, -0.1) is 0 Å². The second-order valence-electron chi connectivity index (χ2n) is 4.71. The molecule has 2 heterocycles. The van der Waals surface area contributed by atoms with E-state index in [-0.39, 0.29) is 11.7 Å². The molecule has 0 unspecified atom stereocenters. The predicted molar refractivity (Wildman–Crippen MR) is 80.8 cm³/mol. The number of benzene rings is 1. The summed E-state index contributed by atoms with van der Waals surface area (Å²) in [6.07, 6.45) is 2.39. The van der Waals surface area contributed by atoms with Crippen LogP contribution in [0.15, 0.2) is 42.6 Å². The third kappa shape index (κ3) is 3.00. The van der Waals surface area contributed by atoms with Crippen LogP contribution in [0.5, 0.6) is 0 Å². The molecule has 3 aromatic rings. The van der Waals surface area contributed by atoms with Gasteiger partial charge in [0, 0.05) is 18.4 Å². The minimum Gasteiger partial charge on any atom is -0.399 e. The normalized spacial score (nSPS) is 10.7. The third-order valence-corrected chi connectivity index (χ3v) is 3.15. The second kappa shape index (κ2) is 5.62. The number of anilines is 1. The van der Waals surface area contributed by atoms with Crippen molar-refractivity contribution >= 4 is 22.8 Å². The monoisotopic (exact) mass is 281 g/mol. The van der Waals surface area contributed by atoms with E-state index in [9.17, 15) is 4.79 Å². The zero-order valence-electron chi connectivity index (χ0n) is 11.3. The van der Waals surface area contributed by atoms with Gasteiger partial charge in [0.05, 0.1) is 5.52 Å². The van der Waals surface area contributed by atoms with Gasteiger partial charge in [-0.05, 0) is 36.2 Å². The predicted octanol–water partition coefficient (Wildman–Crippen LogP) is 1.51. The molecule has 0 radical (unpaired) electrons. The quantitative estimate of drug-likeness (QED) is 0.631. The molecule has 0 aliphatic carbocycles. The van der Waals surface area contributed by atoms with Gasteiger partial charge in [-0.3, -0.25) is 4.79 Å². The molecule has 2 aromatic heterocycles. The van der Waals surface area contributed by atoms with Gasteiger partial charge in [-0.25, -0.2) is 9.97 Å². The molecule has 1 amide bonds. The molecule has 0 aliphatic rings. The van der Waals surface area contributed by atoms with Crippen LogP contribution in [-0.2, 0) is 6.42 Å². The maximum atomic E-state index is 12.0. The molecule has 0 bridgehead atoms. The Morgan fingerprint density at radius 3 is 2.81 bits per heavy atom. The summed E-state index contributed by atoms with van der Waals surface area (Å²) in [5.41, 5.74) is 8.78. The number of H-pyrrole nitrogens is 1. The maximum Gasteiger partial charge on any atom is 0.287 e. The number of aromatic amines is 1. The average Bonchev–Trinajstić information content (AvgIpc) is 2.93. The summed E-state index contributed by atoms with van der Waals surface area (Å²) in [6, 6.07) is 11.2. The van der Waals surface area contributed by atoms with Crippen LogP contribution in [0.2, 0.25) is 0 Å². The van der Waals surface area contributed by atoms with Crippen molar-refractivity contribution in [1.29, 1.82) is 0 Å². The van der Waals surface area contributed by atoms with Crippen LogP contribution >= 0.6 is 0 Å². The Bertz CT molecular complexity index is 730. The molecule has 0 fully saturated rings. The fourth-order valence-electron chi connectivity index (χ4n) is 2.04. The topological polar surface area (TPSA) is 96.7 Å². The summed E-state index contributed by atoms with van der Waals surface area (Å²) >= 11 is 0. The van der Waals surface area contributed by atoms with Gasteiger partial charge >= 0.3 is 0 Å². The molecule has 106 valence electrons. The molecule has 3 rings (SSSR count). The van der Waals surface area contributed by atoms with E-state index < -0.39 is 0 Å². The molecule has 0 atom stereocenters. The summed E-state index contributed by atoms with van der Waals surface area (Å²) in [4.78, 5) is 23.2. The van der Waals surface area contributed by atoms with Gasteiger partial charge < -0.3 is 16.0 Å². The summed E-state index contributed by atoms with van der Waals surface area (Å²) in [5.74, 6) is 0.0458. The van der Waals surface area contributed by atoms with Crippen molar-refractivity contribution in [1.82, 2.24) is 20.3 Å². The van der Waals surface area contributed by atoms with Gasteiger partial charge in [-0.2, -0.15) is 0 Å². The van der Waals surface area contributed by atoms with E-state index in [1.807, 2.05) is 30.3 Å². The smallest absolute Gasteiger partial charge is 0.287 e. The Hall–Kier alpha value is -2.89. The van der Waals surface area contributed by atoms with Crippen LogP contribution in [0.1, 0.15) is 16.2 Å². The summed E-state index contributed by atoms with van der Waals surface area (Å²) in [7, 11) is 0. The van der Waals surface area contributed by atoms with Crippen LogP contribution in [-0.4, -0.2) is 27.4 Å². The lowest BCUT2D eigenvalue weighted by Gasteiger charge is -2.03. The number of nitrogens with one attached hydrogen (secondary N) is 2. The Morgan fingerprint density at radius 2 is 2.05 bits per heavy atom. The number of nitrogens with two attached hydrogens (primary N) is 1. The number of carbonyl (C=O) groups excluding carboxylic acids is 1. The average molecular weight is 281 g/mol. The van der Waals surface area contributed by atoms with Gasteiger partial charge in [-0.1, -0.05) is 12.1 Å². The van der Waals surface area contributed by atoms with E-state index in [2.05, 4.69) is 20.3 Å². The number of nitrogen functional groups attached to an aromatic ring is 1. The first-order chi connectivity index (χ1) is 10.2. The number of pyridine rings is 1. The number of aromatic nitrogens is 3. The van der Waals surface area contributed by atoms with Gasteiger partial charge in [0.15, 0.2) is 11.5 Å². The molecule has 0 spiro atoms. The van der Waals surface area contributed by atoms with Crippen molar-refractivity contribution in [2.45, 2.75) is 6.42 Å². The van der Waals surface area contributed by atoms with E-state index in [4.69, 9.17) is 5.73 Å². The number of amides is 1. The lowest BCUT2D eigenvalue weighted by Crippen LogP contribution is -2.26. The molecule has 0 saturated carbocycles. The van der Waals surface area contributed by atoms with Crippen molar-refractivity contribution in [2.75, 3.05) is 12.3 Å². The highest BCUT2D eigenvalue weighted by molar-refractivity contribution is 5.93. The molecule has 6 nitrogen and oxygen atoms in total. The zero-order valence-corrected chi connectivity index (χ0v) is 11.3. The standard InChI is InChI=1S/C15H15N5O/c16-11-5-3-10(4-6-11)7-9-18-15(21)14-19-12-2-1-8-17-13(12)20-14/h1-6,8H,7,9,16H2,(H,18,21)(H,17,19,20). The van der Waals surface area contributed by atoms with E-state index >= 15 is 0 Å². The Labute approximate surface area is 121 Å². The summed E-state index contributed by atoms with van der Waals surface area (Å²) in [6.45, 7) is 0.535. The van der Waals surface area contributed by atoms with Gasteiger partial charge in [0.1, 0.15) is 0 Å². The van der Waals surface area contributed by atoms with Crippen LogP contribution in [0.4, 0.5) is 5.69 Å². The fourth-order valence-corrected chi connectivity index (χ4v) is 2.04. The van der Waals surface area contributed by atoms with E-state index in [0.29, 0.717) is 12.2 Å². The zero-order chi connectivity index (χ0) is 14.7. The van der Waals surface area contributed by atoms with Crippen molar-refractivity contribution < 1.29 is 4.79 Å². The van der Waals surface area contributed by atoms with E-state index in [1.165, 1.54) is 0 Å². The Morgan fingerprint density at radius 1 is 1.24 bits per heavy atom.